The van der Waals surface area contributed by atoms with Gasteiger partial charge in [0.2, 0.25) is 0 Å². The fourth-order valence-corrected chi connectivity index (χ4v) is 4.88. The Labute approximate surface area is 192 Å². The number of aromatic nitrogens is 4. The Kier molecular flexibility index (Phi) is 5.46. The predicted octanol–water partition coefficient (Wildman–Crippen LogP) is 6.04. The molecule has 0 unspecified atom stereocenters. The maximum Gasteiger partial charge on any atom is 0.320 e. The van der Waals surface area contributed by atoms with Crippen LogP contribution in [-0.4, -0.2) is 19.1 Å². The molecule has 0 aliphatic rings. The molecule has 5 nitrogen and oxygen atoms in total. The molecular formula is C25H20F2N4OS. The van der Waals surface area contributed by atoms with Gasteiger partial charge in [0, 0.05) is 0 Å². The minimum atomic E-state index is -2.72. The normalized spacial score (nSPS) is 11.7. The standard InChI is InChI=1S/C25H20F2N4OS/c1-15-8-7-13-20(16(15)2)31-23(32)17-9-3-4-10-18(17)29-25(31)33-14-22-28-19-11-5-6-12-21(19)30(22)24(26)27/h3-13,24H,14H2,1-2H3. The summed E-state index contributed by atoms with van der Waals surface area (Å²) in [6, 6.07) is 19.7. The summed E-state index contributed by atoms with van der Waals surface area (Å²) < 4.78 is 30.3. The van der Waals surface area contributed by atoms with E-state index in [1.54, 1.807) is 47.0 Å². The van der Waals surface area contributed by atoms with E-state index in [0.717, 1.165) is 21.4 Å². The van der Waals surface area contributed by atoms with Crippen molar-refractivity contribution in [3.8, 4) is 5.69 Å². The van der Waals surface area contributed by atoms with Crippen LogP contribution >= 0.6 is 11.8 Å². The van der Waals surface area contributed by atoms with Gasteiger partial charge in [0.05, 0.1) is 33.4 Å². The highest BCUT2D eigenvalue weighted by atomic mass is 32.2. The maximum absolute atomic E-state index is 13.9. The lowest BCUT2D eigenvalue weighted by molar-refractivity contribution is 0.0722. The van der Waals surface area contributed by atoms with Crippen molar-refractivity contribution >= 4 is 33.7 Å². The number of alkyl halides is 2. The average Bonchev–Trinajstić information content (AvgIpc) is 3.19. The van der Waals surface area contributed by atoms with Crippen LogP contribution < -0.4 is 5.56 Å². The molecule has 0 amide bonds. The van der Waals surface area contributed by atoms with Gasteiger partial charge in [-0.15, -0.1) is 0 Å². The third kappa shape index (κ3) is 3.70. The minimum Gasteiger partial charge on any atom is -0.269 e. The largest absolute Gasteiger partial charge is 0.320 e. The van der Waals surface area contributed by atoms with E-state index in [9.17, 15) is 13.6 Å². The maximum atomic E-state index is 13.9. The average molecular weight is 463 g/mol. The lowest BCUT2D eigenvalue weighted by Crippen LogP contribution is -2.22. The Balaban J connectivity index is 1.66. The van der Waals surface area contributed by atoms with Crippen molar-refractivity contribution in [2.24, 2.45) is 0 Å². The molecule has 5 rings (SSSR count). The molecule has 166 valence electrons. The van der Waals surface area contributed by atoms with Gasteiger partial charge in [0.15, 0.2) is 5.16 Å². The summed E-state index contributed by atoms with van der Waals surface area (Å²) in [5.74, 6) is 0.361. The van der Waals surface area contributed by atoms with Gasteiger partial charge in [-0.3, -0.25) is 13.9 Å². The van der Waals surface area contributed by atoms with E-state index >= 15 is 0 Å². The molecule has 3 aromatic carbocycles. The Hall–Kier alpha value is -3.52. The molecule has 0 spiro atoms. The van der Waals surface area contributed by atoms with Gasteiger partial charge in [0.25, 0.3) is 5.56 Å². The first kappa shape index (κ1) is 21.3. The number of rotatable bonds is 5. The minimum absolute atomic E-state index is 0.134. The van der Waals surface area contributed by atoms with Gasteiger partial charge in [-0.25, -0.2) is 9.97 Å². The Bertz CT molecular complexity index is 1560. The fraction of sp³-hybridized carbons (Fsp3) is 0.160. The number of hydrogen-bond donors (Lipinski definition) is 0. The van der Waals surface area contributed by atoms with Crippen LogP contribution in [0.4, 0.5) is 8.78 Å². The number of imidazole rings is 1. The summed E-state index contributed by atoms with van der Waals surface area (Å²) in [4.78, 5) is 22.7. The van der Waals surface area contributed by atoms with Gasteiger partial charge < -0.3 is 0 Å². The van der Waals surface area contributed by atoms with Crippen LogP contribution in [0.2, 0.25) is 0 Å². The molecule has 0 saturated heterocycles. The first-order valence-electron chi connectivity index (χ1n) is 10.4. The van der Waals surface area contributed by atoms with E-state index in [0.29, 0.717) is 27.1 Å². The van der Waals surface area contributed by atoms with Gasteiger partial charge in [0.1, 0.15) is 5.82 Å². The van der Waals surface area contributed by atoms with Crippen LogP contribution in [-0.2, 0) is 5.75 Å². The molecular weight excluding hydrogens is 442 g/mol. The number of hydrogen-bond acceptors (Lipinski definition) is 4. The number of thioether (sulfide) groups is 1. The third-order valence-electron chi connectivity index (χ3n) is 5.76. The van der Waals surface area contributed by atoms with Gasteiger partial charge in [-0.2, -0.15) is 8.78 Å². The lowest BCUT2D eigenvalue weighted by Gasteiger charge is -2.16. The van der Waals surface area contributed by atoms with Crippen molar-refractivity contribution in [2.75, 3.05) is 0 Å². The second-order valence-corrected chi connectivity index (χ2v) is 8.67. The molecule has 5 aromatic rings. The van der Waals surface area contributed by atoms with Gasteiger partial charge >= 0.3 is 6.55 Å². The highest BCUT2D eigenvalue weighted by molar-refractivity contribution is 7.98. The van der Waals surface area contributed by atoms with Crippen LogP contribution in [0.5, 0.6) is 0 Å². The fourth-order valence-electron chi connectivity index (χ4n) is 3.94. The Morgan fingerprint density at radius 1 is 0.909 bits per heavy atom. The van der Waals surface area contributed by atoms with Crippen LogP contribution in [0.15, 0.2) is 76.7 Å². The van der Waals surface area contributed by atoms with Crippen molar-refractivity contribution in [1.82, 2.24) is 19.1 Å². The zero-order valence-electron chi connectivity index (χ0n) is 18.0. The molecule has 0 aliphatic carbocycles. The summed E-state index contributed by atoms with van der Waals surface area (Å²) in [5, 5.41) is 0.933. The lowest BCUT2D eigenvalue weighted by atomic mass is 10.1. The molecule has 0 fully saturated rings. The quantitative estimate of drug-likeness (QED) is 0.236. The number of para-hydroxylation sites is 3. The number of nitrogens with zero attached hydrogens (tertiary/aromatic N) is 4. The number of benzene rings is 3. The van der Waals surface area contributed by atoms with Crippen molar-refractivity contribution in [3.63, 3.8) is 0 Å². The number of aryl methyl sites for hydroxylation is 1. The SMILES string of the molecule is Cc1cccc(-n2c(SCc3nc4ccccc4n3C(F)F)nc3ccccc3c2=O)c1C. The topological polar surface area (TPSA) is 52.7 Å². The zero-order chi connectivity index (χ0) is 23.1. The van der Waals surface area contributed by atoms with Crippen molar-refractivity contribution in [3.05, 3.63) is 94.0 Å². The van der Waals surface area contributed by atoms with Crippen molar-refractivity contribution in [2.45, 2.75) is 31.3 Å². The Morgan fingerprint density at radius 3 is 2.42 bits per heavy atom. The van der Waals surface area contributed by atoms with E-state index in [-0.39, 0.29) is 17.1 Å². The molecule has 0 N–H and O–H groups in total. The zero-order valence-corrected chi connectivity index (χ0v) is 18.8. The summed E-state index contributed by atoms with van der Waals surface area (Å²) in [7, 11) is 0. The van der Waals surface area contributed by atoms with Crippen LogP contribution in [0.3, 0.4) is 0 Å². The monoisotopic (exact) mass is 462 g/mol. The molecule has 2 heterocycles. The van der Waals surface area contributed by atoms with Crippen molar-refractivity contribution < 1.29 is 8.78 Å². The molecule has 0 atom stereocenters. The Morgan fingerprint density at radius 2 is 1.64 bits per heavy atom. The molecule has 8 heteroatoms. The van der Waals surface area contributed by atoms with Crippen LogP contribution in [0.25, 0.3) is 27.6 Å². The van der Waals surface area contributed by atoms with Crippen LogP contribution in [0.1, 0.15) is 23.5 Å². The first-order chi connectivity index (χ1) is 16.0. The summed E-state index contributed by atoms with van der Waals surface area (Å²) >= 11 is 1.22. The summed E-state index contributed by atoms with van der Waals surface area (Å²) in [5.41, 5.74) is 3.98. The second kappa shape index (κ2) is 8.44. The second-order valence-electron chi connectivity index (χ2n) is 7.72. The van der Waals surface area contributed by atoms with Crippen molar-refractivity contribution in [1.29, 1.82) is 0 Å². The highest BCUT2D eigenvalue weighted by Crippen LogP contribution is 2.30. The van der Waals surface area contributed by atoms with E-state index in [1.807, 2.05) is 38.1 Å². The molecule has 0 aliphatic heterocycles. The van der Waals surface area contributed by atoms with E-state index in [4.69, 9.17) is 4.98 Å². The molecule has 0 saturated carbocycles. The van der Waals surface area contributed by atoms with E-state index in [1.165, 1.54) is 11.8 Å². The first-order valence-corrected chi connectivity index (χ1v) is 11.4. The third-order valence-corrected chi connectivity index (χ3v) is 6.69. The van der Waals surface area contributed by atoms with Gasteiger partial charge in [-0.1, -0.05) is 48.2 Å². The number of halogens is 2. The summed E-state index contributed by atoms with van der Waals surface area (Å²) in [6.45, 7) is 1.21. The molecule has 0 radical (unpaired) electrons. The van der Waals surface area contributed by atoms with Crippen LogP contribution in [0, 0.1) is 13.8 Å². The molecule has 2 aromatic heterocycles. The molecule has 0 bridgehead atoms. The highest BCUT2D eigenvalue weighted by Gasteiger charge is 2.20. The predicted molar refractivity (Wildman–Crippen MR) is 127 cm³/mol. The van der Waals surface area contributed by atoms with E-state index in [2.05, 4.69) is 4.98 Å². The number of fused-ring (bicyclic) bond motifs is 2. The van der Waals surface area contributed by atoms with Gasteiger partial charge in [-0.05, 0) is 55.3 Å². The smallest absolute Gasteiger partial charge is 0.269 e. The molecule has 33 heavy (non-hydrogen) atoms. The summed E-state index contributed by atoms with van der Waals surface area (Å²) in [6.07, 6.45) is 0. The van der Waals surface area contributed by atoms with E-state index < -0.39 is 6.55 Å².